The van der Waals surface area contributed by atoms with Crippen molar-refractivity contribution in [2.75, 3.05) is 0 Å². The Hall–Kier alpha value is -10.4. The number of halogens is 1. The van der Waals surface area contributed by atoms with Crippen molar-refractivity contribution in [1.29, 1.82) is 0 Å². The average Bonchev–Trinajstić information content (AvgIpc) is 2.27. The molecule has 0 unspecified atom stereocenters. The van der Waals surface area contributed by atoms with Gasteiger partial charge in [-0.2, -0.15) is 0 Å². The monoisotopic (exact) mass is 1260 g/mol. The van der Waals surface area contributed by atoms with Crippen molar-refractivity contribution in [2.45, 2.75) is 0 Å². The topological polar surface area (TPSA) is 118 Å². The van der Waals surface area contributed by atoms with Crippen LogP contribution in [0.15, 0.2) is 308 Å². The standard InChI is InChI=1S/C39H25N3S.C21H14BrN3.C18H13BO2S/c1-3-11-26(12-4-1)37-40-38(27-13-5-2-6-14-27)42-39(41-37)32-18-10-17-30(24-32)28-15-9-16-29(23-28)31-21-22-36-34(25-31)33-19-7-8-20-35(33)43-36;22-18-13-7-12-17(14-18)21-24-19(15-8-3-1-4-9-15)23-20(25-21)16-10-5-2-6-11-16;20-19(21)14-5-3-4-12(10-14)13-8-9-18-16(11-13)15-6-1-2-7-17(15)22-18/h1-25H;1-14H;1-11,20-21H. The minimum Gasteiger partial charge on any atom is -0.423 e. The molecule has 0 aliphatic heterocycles. The highest BCUT2D eigenvalue weighted by atomic mass is 79.9. The van der Waals surface area contributed by atoms with Crippen LogP contribution in [0.25, 0.3) is 142 Å². The van der Waals surface area contributed by atoms with Gasteiger partial charge < -0.3 is 10.0 Å². The van der Waals surface area contributed by atoms with Gasteiger partial charge in [-0.25, -0.2) is 29.9 Å². The minimum atomic E-state index is -1.44. The second-order valence-corrected chi connectivity index (χ2v) is 24.4. The lowest BCUT2D eigenvalue weighted by molar-refractivity contribution is 0.426. The molecule has 0 aliphatic rings. The highest BCUT2D eigenvalue weighted by Gasteiger charge is 2.17. The molecule has 12 aromatic carbocycles. The Bertz CT molecular complexity index is 5090. The molecule has 0 saturated carbocycles. The largest absolute Gasteiger partial charge is 0.488 e. The highest BCUT2D eigenvalue weighted by molar-refractivity contribution is 9.10. The fourth-order valence-corrected chi connectivity index (χ4v) is 13.5. The van der Waals surface area contributed by atoms with Gasteiger partial charge in [-0.3, -0.25) is 0 Å². The van der Waals surface area contributed by atoms with Crippen molar-refractivity contribution in [3.8, 4) is 102 Å². The van der Waals surface area contributed by atoms with Crippen molar-refractivity contribution < 1.29 is 10.0 Å². The first kappa shape index (κ1) is 57.3. The van der Waals surface area contributed by atoms with Gasteiger partial charge in [0, 0.05) is 78.2 Å². The molecule has 0 fully saturated rings. The lowest BCUT2D eigenvalue weighted by atomic mass is 9.79. The molecule has 0 saturated heterocycles. The summed E-state index contributed by atoms with van der Waals surface area (Å²) in [4.78, 5) is 28.8. The van der Waals surface area contributed by atoms with E-state index in [0.29, 0.717) is 40.4 Å². The molecule has 4 aromatic heterocycles. The number of aromatic nitrogens is 6. The molecule has 0 bridgehead atoms. The molecular weight excluding hydrogens is 1210 g/mol. The van der Waals surface area contributed by atoms with Crippen LogP contribution in [0.4, 0.5) is 0 Å². The smallest absolute Gasteiger partial charge is 0.423 e. The first-order valence-electron chi connectivity index (χ1n) is 29.3. The van der Waals surface area contributed by atoms with Gasteiger partial charge in [0.05, 0.1) is 0 Å². The van der Waals surface area contributed by atoms with Crippen LogP contribution in [0, 0.1) is 0 Å². The molecule has 8 nitrogen and oxygen atoms in total. The van der Waals surface area contributed by atoms with Gasteiger partial charge >= 0.3 is 7.12 Å². The van der Waals surface area contributed by atoms with Crippen LogP contribution in [0.3, 0.4) is 0 Å². The Morgan fingerprint density at radius 2 is 0.522 bits per heavy atom. The van der Waals surface area contributed by atoms with Gasteiger partial charge in [0.2, 0.25) is 0 Å². The molecule has 12 heteroatoms. The lowest BCUT2D eigenvalue weighted by Crippen LogP contribution is -2.29. The van der Waals surface area contributed by atoms with E-state index >= 15 is 0 Å². The predicted molar refractivity (Wildman–Crippen MR) is 378 cm³/mol. The van der Waals surface area contributed by atoms with E-state index < -0.39 is 7.12 Å². The summed E-state index contributed by atoms with van der Waals surface area (Å²) in [5.74, 6) is 3.98. The summed E-state index contributed by atoms with van der Waals surface area (Å²) in [6, 6.07) is 103. The maximum Gasteiger partial charge on any atom is 0.488 e. The fraction of sp³-hybridized carbons (Fsp3) is 0. The molecule has 0 amide bonds. The predicted octanol–water partition coefficient (Wildman–Crippen LogP) is 19.6. The first-order valence-corrected chi connectivity index (χ1v) is 31.7. The molecule has 428 valence electrons. The molecule has 0 radical (unpaired) electrons. The first-order chi connectivity index (χ1) is 44.3. The van der Waals surface area contributed by atoms with E-state index in [1.165, 1.54) is 51.5 Å². The Morgan fingerprint density at radius 1 is 0.233 bits per heavy atom. The van der Waals surface area contributed by atoms with Crippen LogP contribution in [0.5, 0.6) is 0 Å². The van der Waals surface area contributed by atoms with E-state index in [1.807, 2.05) is 175 Å². The normalized spacial score (nSPS) is 11.1. The Kier molecular flexibility index (Phi) is 16.6. The minimum absolute atomic E-state index is 0.507. The summed E-state index contributed by atoms with van der Waals surface area (Å²) < 4.78 is 6.19. The Labute approximate surface area is 537 Å². The van der Waals surface area contributed by atoms with Gasteiger partial charge in [-0.05, 0) is 99.5 Å². The number of benzene rings is 12. The van der Waals surface area contributed by atoms with Gasteiger partial charge in [0.15, 0.2) is 34.9 Å². The lowest BCUT2D eigenvalue weighted by Gasteiger charge is -2.10. The zero-order valence-electron chi connectivity index (χ0n) is 48.2. The van der Waals surface area contributed by atoms with Crippen LogP contribution in [-0.4, -0.2) is 47.1 Å². The molecule has 0 spiro atoms. The average molecular weight is 1260 g/mol. The molecule has 0 aliphatic carbocycles. The third kappa shape index (κ3) is 12.7. The molecule has 0 atom stereocenters. The zero-order chi connectivity index (χ0) is 60.8. The van der Waals surface area contributed by atoms with E-state index in [4.69, 9.17) is 24.9 Å². The Morgan fingerprint density at radius 3 is 0.922 bits per heavy atom. The van der Waals surface area contributed by atoms with Crippen LogP contribution in [0.2, 0.25) is 0 Å². The maximum atomic E-state index is 9.33. The van der Waals surface area contributed by atoms with Crippen molar-refractivity contribution >= 4 is 91.5 Å². The number of rotatable bonds is 10. The molecule has 90 heavy (non-hydrogen) atoms. The van der Waals surface area contributed by atoms with Crippen molar-refractivity contribution in [2.24, 2.45) is 0 Å². The summed E-state index contributed by atoms with van der Waals surface area (Å²) in [6.07, 6.45) is 0. The fourth-order valence-electron chi connectivity index (χ4n) is 10.9. The van der Waals surface area contributed by atoms with Gasteiger partial charge in [-0.15, -0.1) is 22.7 Å². The van der Waals surface area contributed by atoms with E-state index in [2.05, 4.69) is 154 Å². The van der Waals surface area contributed by atoms with E-state index in [0.717, 1.165) is 60.1 Å². The summed E-state index contributed by atoms with van der Waals surface area (Å²) in [6.45, 7) is 0. The van der Waals surface area contributed by atoms with E-state index in [9.17, 15) is 10.0 Å². The van der Waals surface area contributed by atoms with Crippen LogP contribution in [0.1, 0.15) is 0 Å². The van der Waals surface area contributed by atoms with E-state index in [-0.39, 0.29) is 0 Å². The van der Waals surface area contributed by atoms with Gasteiger partial charge in [0.25, 0.3) is 0 Å². The molecule has 16 rings (SSSR count). The molecular formula is C78H52BBrN6O2S2. The zero-order valence-corrected chi connectivity index (χ0v) is 51.4. The number of hydrogen-bond donors (Lipinski definition) is 2. The van der Waals surface area contributed by atoms with Gasteiger partial charge in [-0.1, -0.05) is 259 Å². The van der Waals surface area contributed by atoms with Crippen molar-refractivity contribution in [1.82, 2.24) is 29.9 Å². The summed E-state index contributed by atoms with van der Waals surface area (Å²) in [7, 11) is -1.44. The maximum absolute atomic E-state index is 9.33. The van der Waals surface area contributed by atoms with Crippen molar-refractivity contribution in [3.63, 3.8) is 0 Å². The second-order valence-electron chi connectivity index (χ2n) is 21.4. The Balaban J connectivity index is 0.000000128. The number of fused-ring (bicyclic) bond motifs is 6. The van der Waals surface area contributed by atoms with Crippen LogP contribution >= 0.6 is 38.6 Å². The highest BCUT2D eigenvalue weighted by Crippen LogP contribution is 2.39. The summed E-state index contributed by atoms with van der Waals surface area (Å²) in [5, 5.41) is 23.8. The van der Waals surface area contributed by atoms with Crippen LogP contribution < -0.4 is 5.46 Å². The molecule has 16 aromatic rings. The van der Waals surface area contributed by atoms with Crippen molar-refractivity contribution in [3.05, 3.63) is 308 Å². The third-order valence-electron chi connectivity index (χ3n) is 15.4. The summed E-state index contributed by atoms with van der Waals surface area (Å²) in [5.41, 5.74) is 13.0. The van der Waals surface area contributed by atoms with Crippen LogP contribution in [-0.2, 0) is 0 Å². The number of nitrogens with zero attached hydrogens (tertiary/aromatic N) is 6. The second kappa shape index (κ2) is 26.1. The quantitative estimate of drug-likeness (QED) is 0.130. The SMILES string of the molecule is Brc1cccc(-c2nc(-c3ccccc3)nc(-c3ccccc3)n2)c1.OB(O)c1cccc(-c2ccc3sc4ccccc4c3c2)c1.c1ccc(-c2nc(-c3ccccc3)nc(-c3cccc(-c4cccc(-c5ccc6sc7ccccc7c6c5)c4)c3)n2)cc1. The van der Waals surface area contributed by atoms with E-state index in [1.54, 1.807) is 17.4 Å². The van der Waals surface area contributed by atoms with Gasteiger partial charge in [0.1, 0.15) is 0 Å². The summed E-state index contributed by atoms with van der Waals surface area (Å²) >= 11 is 7.16. The number of hydrogen-bond acceptors (Lipinski definition) is 10. The third-order valence-corrected chi connectivity index (χ3v) is 18.2. The number of thiophene rings is 2. The molecule has 2 N–H and O–H groups in total. The molecule has 4 heterocycles.